The summed E-state index contributed by atoms with van der Waals surface area (Å²) in [5, 5.41) is 0. The molecule has 0 aliphatic rings. The zero-order chi connectivity index (χ0) is 5.91. The highest BCUT2D eigenvalue weighted by Gasteiger charge is 2.09. The molecule has 0 unspecified atom stereocenters. The Hall–Kier alpha value is 0.0369. The van der Waals surface area contributed by atoms with Gasteiger partial charge in [0.25, 0.3) is 0 Å². The van der Waals surface area contributed by atoms with E-state index in [1.165, 1.54) is 0 Å². The molecule has 0 spiro atoms. The van der Waals surface area contributed by atoms with Crippen LogP contribution in [0.5, 0.6) is 0 Å². The fraction of sp³-hybridized carbons (Fsp3) is 1.00. The van der Waals surface area contributed by atoms with Crippen LogP contribution >= 0.6 is 0 Å². The zero-order valence-corrected chi connectivity index (χ0v) is 6.58. The second-order valence-corrected chi connectivity index (χ2v) is 7.56. The second kappa shape index (κ2) is 2.37. The first-order valence-corrected chi connectivity index (χ1v) is 6.22. The van der Waals surface area contributed by atoms with Crippen molar-refractivity contribution >= 4 is 19.7 Å². The van der Waals surface area contributed by atoms with Crippen molar-refractivity contribution in [3.05, 3.63) is 0 Å². The van der Waals surface area contributed by atoms with Crippen LogP contribution in [0.15, 0.2) is 4.03 Å². The summed E-state index contributed by atoms with van der Waals surface area (Å²) in [5.41, 5.74) is 0. The molecule has 0 saturated carbocycles. The molecule has 0 fully saturated rings. The molecule has 0 aromatic heterocycles. The van der Waals surface area contributed by atoms with E-state index in [4.69, 9.17) is 0 Å². The van der Waals surface area contributed by atoms with Gasteiger partial charge in [0.05, 0.1) is 0 Å². The molecule has 0 heterocycles. The standard InChI is InChI=1S/C3H9NOSSi/c1-7(2,3)4-6-5/h1-3H3. The third-order valence-corrected chi connectivity index (χ3v) is 2.80. The summed E-state index contributed by atoms with van der Waals surface area (Å²) in [7, 11) is -1.38. The van der Waals surface area contributed by atoms with Crippen LogP contribution in [0.3, 0.4) is 0 Å². The lowest BCUT2D eigenvalue weighted by molar-refractivity contribution is 0.698. The highest BCUT2D eigenvalue weighted by molar-refractivity contribution is 7.56. The van der Waals surface area contributed by atoms with Crippen LogP contribution in [0.4, 0.5) is 0 Å². The van der Waals surface area contributed by atoms with E-state index in [-0.39, 0.29) is 0 Å². The average Bonchev–Trinajstić information content (AvgIpc) is 1.30. The smallest absolute Gasteiger partial charge is 0.192 e. The predicted molar refractivity (Wildman–Crippen MR) is 33.9 cm³/mol. The molecule has 0 radical (unpaired) electrons. The molecular formula is C3H9NOSSi. The third kappa shape index (κ3) is 6.04. The van der Waals surface area contributed by atoms with Crippen LogP contribution in [-0.2, 0) is 11.5 Å². The van der Waals surface area contributed by atoms with Crippen LogP contribution in [0.25, 0.3) is 0 Å². The van der Waals surface area contributed by atoms with Gasteiger partial charge in [-0.25, -0.2) is 4.03 Å². The van der Waals surface area contributed by atoms with E-state index < -0.39 is 8.24 Å². The molecule has 0 aromatic carbocycles. The SMILES string of the molecule is C[Si](C)(C)N=S=O. The summed E-state index contributed by atoms with van der Waals surface area (Å²) in [6, 6.07) is 0. The van der Waals surface area contributed by atoms with Gasteiger partial charge >= 0.3 is 0 Å². The first kappa shape index (κ1) is 7.04. The highest BCUT2D eigenvalue weighted by Crippen LogP contribution is 1.98. The summed E-state index contributed by atoms with van der Waals surface area (Å²) in [5.74, 6) is 0. The van der Waals surface area contributed by atoms with Crippen molar-refractivity contribution < 1.29 is 4.21 Å². The van der Waals surface area contributed by atoms with Gasteiger partial charge in [-0.05, 0) is 19.6 Å². The quantitative estimate of drug-likeness (QED) is 0.497. The Morgan fingerprint density at radius 2 is 1.86 bits per heavy atom. The van der Waals surface area contributed by atoms with Crippen LogP contribution in [-0.4, -0.2) is 12.4 Å². The van der Waals surface area contributed by atoms with E-state index in [1.807, 2.05) is 19.6 Å². The van der Waals surface area contributed by atoms with Crippen LogP contribution in [0, 0.1) is 0 Å². The maximum absolute atomic E-state index is 9.73. The molecule has 0 amide bonds. The van der Waals surface area contributed by atoms with Crippen molar-refractivity contribution in [2.24, 2.45) is 4.03 Å². The Labute approximate surface area is 48.3 Å². The maximum atomic E-state index is 9.73. The monoisotopic (exact) mass is 135 g/mol. The molecule has 0 rings (SSSR count). The van der Waals surface area contributed by atoms with Crippen molar-refractivity contribution in [1.82, 2.24) is 0 Å². The fourth-order valence-electron chi connectivity index (χ4n) is 0.112. The summed E-state index contributed by atoms with van der Waals surface area (Å²) < 4.78 is 13.5. The topological polar surface area (TPSA) is 29.4 Å². The number of rotatable bonds is 1. The van der Waals surface area contributed by atoms with Gasteiger partial charge in [0.1, 0.15) is 0 Å². The first-order valence-electron chi connectivity index (χ1n) is 2.07. The molecule has 0 bridgehead atoms. The lowest BCUT2D eigenvalue weighted by Crippen LogP contribution is -2.14. The van der Waals surface area contributed by atoms with E-state index in [1.54, 1.807) is 0 Å². The Bertz CT molecular complexity index is 102. The van der Waals surface area contributed by atoms with Crippen LogP contribution < -0.4 is 0 Å². The Kier molecular flexibility index (Phi) is 2.38. The van der Waals surface area contributed by atoms with E-state index in [9.17, 15) is 4.21 Å². The summed E-state index contributed by atoms with van der Waals surface area (Å²) in [6.07, 6.45) is 0. The molecule has 0 aromatic rings. The van der Waals surface area contributed by atoms with E-state index in [0.717, 1.165) is 0 Å². The molecule has 0 saturated heterocycles. The van der Waals surface area contributed by atoms with E-state index >= 15 is 0 Å². The molecular weight excluding hydrogens is 126 g/mol. The number of hydrogen-bond donors (Lipinski definition) is 0. The highest BCUT2D eigenvalue weighted by atomic mass is 32.1. The summed E-state index contributed by atoms with van der Waals surface area (Å²) in [6.45, 7) is 6.08. The minimum absolute atomic E-state index is 0.345. The zero-order valence-electron chi connectivity index (χ0n) is 4.76. The van der Waals surface area contributed by atoms with E-state index in [0.29, 0.717) is 11.5 Å². The Morgan fingerprint density at radius 3 is 1.86 bits per heavy atom. The predicted octanol–water partition coefficient (Wildman–Crippen LogP) is 1.22. The van der Waals surface area contributed by atoms with Gasteiger partial charge in [-0.1, -0.05) is 0 Å². The third-order valence-electron chi connectivity index (χ3n) is 0.311. The molecule has 0 aliphatic carbocycles. The van der Waals surface area contributed by atoms with Crippen molar-refractivity contribution in [3.8, 4) is 0 Å². The molecule has 4 heteroatoms. The maximum Gasteiger partial charge on any atom is 0.192 e. The van der Waals surface area contributed by atoms with Crippen molar-refractivity contribution in [2.45, 2.75) is 19.6 Å². The minimum atomic E-state index is -1.38. The summed E-state index contributed by atoms with van der Waals surface area (Å²) in [4.78, 5) is 0. The van der Waals surface area contributed by atoms with Crippen LogP contribution in [0.2, 0.25) is 19.6 Å². The van der Waals surface area contributed by atoms with Gasteiger partial charge in [-0.15, -0.1) is 0 Å². The van der Waals surface area contributed by atoms with Crippen molar-refractivity contribution in [3.63, 3.8) is 0 Å². The average molecular weight is 135 g/mol. The van der Waals surface area contributed by atoms with Gasteiger partial charge in [0.15, 0.2) is 19.7 Å². The number of nitrogens with zero attached hydrogens (tertiary/aromatic N) is 1. The lowest BCUT2D eigenvalue weighted by Gasteiger charge is -2.00. The minimum Gasteiger partial charge on any atom is -0.237 e. The Balaban J connectivity index is 3.80. The fourth-order valence-corrected chi connectivity index (χ4v) is 1.01. The normalized spacial score (nSPS) is 10.7. The molecule has 0 atom stereocenters. The molecule has 42 valence electrons. The largest absolute Gasteiger partial charge is 0.237 e. The molecule has 7 heavy (non-hydrogen) atoms. The first-order chi connectivity index (χ1) is 3.06. The van der Waals surface area contributed by atoms with Gasteiger partial charge in [-0.3, -0.25) is 0 Å². The van der Waals surface area contributed by atoms with Gasteiger partial charge in [0.2, 0.25) is 0 Å². The molecule has 0 N–H and O–H groups in total. The van der Waals surface area contributed by atoms with Crippen molar-refractivity contribution in [2.75, 3.05) is 0 Å². The van der Waals surface area contributed by atoms with Crippen molar-refractivity contribution in [1.29, 1.82) is 0 Å². The van der Waals surface area contributed by atoms with Gasteiger partial charge < -0.3 is 0 Å². The summed E-state index contributed by atoms with van der Waals surface area (Å²) >= 11 is 0.345. The molecule has 2 nitrogen and oxygen atoms in total. The second-order valence-electron chi connectivity index (χ2n) is 2.34. The number of hydrogen-bond acceptors (Lipinski definition) is 2. The van der Waals surface area contributed by atoms with Gasteiger partial charge in [0, 0.05) is 0 Å². The van der Waals surface area contributed by atoms with Crippen LogP contribution in [0.1, 0.15) is 0 Å². The van der Waals surface area contributed by atoms with Gasteiger partial charge in [-0.2, -0.15) is 4.21 Å². The van der Waals surface area contributed by atoms with E-state index in [2.05, 4.69) is 4.03 Å². The Morgan fingerprint density at radius 1 is 1.43 bits per heavy atom. The molecule has 0 aliphatic heterocycles. The lowest BCUT2D eigenvalue weighted by atomic mass is 11.8.